The lowest BCUT2D eigenvalue weighted by Crippen LogP contribution is -2.43. The highest BCUT2D eigenvalue weighted by Gasteiger charge is 2.29. The van der Waals surface area contributed by atoms with E-state index in [1.807, 2.05) is 17.9 Å². The van der Waals surface area contributed by atoms with E-state index in [0.29, 0.717) is 42.7 Å². The molecule has 2 aromatic heterocycles. The van der Waals surface area contributed by atoms with Crippen LogP contribution in [0.5, 0.6) is 6.01 Å². The second-order valence-electron chi connectivity index (χ2n) is 8.07. The summed E-state index contributed by atoms with van der Waals surface area (Å²) in [4.78, 5) is 33.7. The maximum absolute atomic E-state index is 12.7. The lowest BCUT2D eigenvalue weighted by Gasteiger charge is -2.33. The highest BCUT2D eigenvalue weighted by Crippen LogP contribution is 2.26. The third kappa shape index (κ3) is 5.95. The molecule has 2 aromatic rings. The third-order valence-electron chi connectivity index (χ3n) is 5.69. The second kappa shape index (κ2) is 11.9. The molecule has 0 radical (unpaired) electrons. The topological polar surface area (TPSA) is 158 Å². The van der Waals surface area contributed by atoms with Crippen molar-refractivity contribution in [2.24, 2.45) is 5.92 Å². The molecule has 3 N–H and O–H groups in total. The van der Waals surface area contributed by atoms with Crippen LogP contribution in [-0.4, -0.2) is 69.2 Å². The number of likely N-dealkylation sites (tertiary alicyclic amines) is 1. The largest absolute Gasteiger partial charge is 0.463 e. The highest BCUT2D eigenvalue weighted by atomic mass is 16.5. The molecule has 0 atom stereocenters. The summed E-state index contributed by atoms with van der Waals surface area (Å²) in [5, 5.41) is 15.9. The Morgan fingerprint density at radius 2 is 2.00 bits per heavy atom. The van der Waals surface area contributed by atoms with Crippen LogP contribution in [0.3, 0.4) is 0 Å². The number of carbonyl (C=O) groups excluding carboxylic acids is 1. The summed E-state index contributed by atoms with van der Waals surface area (Å²) in [6.45, 7) is 6.71. The van der Waals surface area contributed by atoms with E-state index < -0.39 is 0 Å². The summed E-state index contributed by atoms with van der Waals surface area (Å²) in [5.41, 5.74) is 7.16. The molecule has 0 aromatic carbocycles. The maximum Gasteiger partial charge on any atom is 0.321 e. The van der Waals surface area contributed by atoms with Gasteiger partial charge in [0.2, 0.25) is 11.8 Å². The molecule has 2 aliphatic heterocycles. The van der Waals surface area contributed by atoms with Gasteiger partial charge in [-0.2, -0.15) is 20.2 Å². The summed E-state index contributed by atoms with van der Waals surface area (Å²) in [5.74, 6) is 0.881. The summed E-state index contributed by atoms with van der Waals surface area (Å²) < 4.78 is 5.62. The van der Waals surface area contributed by atoms with Crippen molar-refractivity contribution in [1.29, 1.82) is 10.7 Å². The number of anilines is 2. The average Bonchev–Trinajstić information content (AvgIpc) is 2.82. The maximum atomic E-state index is 12.7. The fraction of sp³-hybridized carbons (Fsp3) is 0.522. The highest BCUT2D eigenvalue weighted by molar-refractivity contribution is 6.03. The van der Waals surface area contributed by atoms with Gasteiger partial charge in [-0.05, 0) is 37.8 Å². The van der Waals surface area contributed by atoms with Crippen molar-refractivity contribution in [2.75, 3.05) is 43.4 Å². The minimum absolute atomic E-state index is 0. The van der Waals surface area contributed by atoms with Gasteiger partial charge in [0.05, 0.1) is 12.7 Å². The molecule has 0 aliphatic carbocycles. The molecule has 2 fully saturated rings. The van der Waals surface area contributed by atoms with Gasteiger partial charge in [-0.15, -0.1) is 0 Å². The number of nitriles is 1. The third-order valence-corrected chi connectivity index (χ3v) is 5.69. The number of pyridine rings is 1. The molecule has 4 heterocycles. The van der Waals surface area contributed by atoms with Gasteiger partial charge in [-0.1, -0.05) is 6.92 Å². The van der Waals surface area contributed by atoms with Gasteiger partial charge in [-0.3, -0.25) is 4.79 Å². The van der Waals surface area contributed by atoms with Gasteiger partial charge in [-0.25, -0.2) is 4.98 Å². The molecule has 11 nitrogen and oxygen atoms in total. The number of hydrogen-bond donors (Lipinski definition) is 2. The van der Waals surface area contributed by atoms with Gasteiger partial charge >= 0.3 is 6.01 Å². The van der Waals surface area contributed by atoms with E-state index >= 15 is 0 Å². The van der Waals surface area contributed by atoms with Crippen LogP contribution >= 0.6 is 0 Å². The summed E-state index contributed by atoms with van der Waals surface area (Å²) >= 11 is 0. The fourth-order valence-corrected chi connectivity index (χ4v) is 3.73. The first-order valence-corrected chi connectivity index (χ1v) is 11.5. The molecule has 0 bridgehead atoms. The van der Waals surface area contributed by atoms with Crippen molar-refractivity contribution in [1.82, 2.24) is 24.8 Å². The molecule has 1 amide bonds. The zero-order chi connectivity index (χ0) is 24.5. The average molecular weight is 468 g/mol. The first-order chi connectivity index (χ1) is 16.5. The molecule has 2 saturated heterocycles. The van der Waals surface area contributed by atoms with E-state index in [1.165, 1.54) is 6.92 Å². The molecule has 11 heteroatoms. The van der Waals surface area contributed by atoms with Crippen molar-refractivity contribution in [3.05, 3.63) is 29.7 Å². The lowest BCUT2D eigenvalue weighted by molar-refractivity contribution is 0.0637. The number of aromatic nitrogens is 4. The molecular formula is C23H33N9O2. The number of carbonyl (C=O) groups is 1. The Morgan fingerprint density at radius 1 is 1.29 bits per heavy atom. The van der Waals surface area contributed by atoms with Gasteiger partial charge in [0.25, 0.3) is 5.91 Å². The smallest absolute Gasteiger partial charge is 0.321 e. The van der Waals surface area contributed by atoms with E-state index in [-0.39, 0.29) is 25.1 Å². The minimum atomic E-state index is -0.181. The number of amides is 1. The van der Waals surface area contributed by atoms with Gasteiger partial charge in [0.15, 0.2) is 0 Å². The normalized spacial score (nSPS) is 15.4. The van der Waals surface area contributed by atoms with Gasteiger partial charge in [0.1, 0.15) is 5.82 Å². The quantitative estimate of drug-likeness (QED) is 0.583. The van der Waals surface area contributed by atoms with E-state index in [2.05, 4.69) is 19.9 Å². The molecule has 182 valence electrons. The van der Waals surface area contributed by atoms with E-state index in [4.69, 9.17) is 21.1 Å². The number of rotatable bonds is 7. The molecule has 4 rings (SSSR count). The van der Waals surface area contributed by atoms with Gasteiger partial charge < -0.3 is 25.7 Å². The van der Waals surface area contributed by atoms with E-state index in [9.17, 15) is 4.79 Å². The Hall–Kier alpha value is -3.81. The van der Waals surface area contributed by atoms with Crippen LogP contribution in [0.25, 0.3) is 0 Å². The van der Waals surface area contributed by atoms with Crippen LogP contribution in [0.15, 0.2) is 18.3 Å². The number of ether oxygens (including phenoxy) is 1. The van der Waals surface area contributed by atoms with Gasteiger partial charge in [0, 0.05) is 57.9 Å². The summed E-state index contributed by atoms with van der Waals surface area (Å²) in [7, 11) is 0. The monoisotopic (exact) mass is 467 g/mol. The predicted molar refractivity (Wildman–Crippen MR) is 130 cm³/mol. The molecule has 0 unspecified atom stereocenters. The first-order valence-electron chi connectivity index (χ1n) is 11.5. The van der Waals surface area contributed by atoms with Crippen LogP contribution in [0, 0.1) is 22.7 Å². The van der Waals surface area contributed by atoms with Crippen molar-refractivity contribution < 1.29 is 11.0 Å². The molecule has 2 aliphatic rings. The standard InChI is InChI=1S/C21H28N8O2.C2H3N.H2/c1-2-13-31-21-26-18(19(30)28-9-4-10-28)25-20(27-21)29-11-6-14(7-12-29)16(22)15-5-3-8-24-17(15)23;1-2-3;/h3,5,8,14,22H,2,4,6-7,9-13H2,1H3,(H2,23,24);1H3;1H. The molecule has 0 saturated carbocycles. The van der Waals surface area contributed by atoms with Crippen LogP contribution in [0.2, 0.25) is 0 Å². The number of piperidine rings is 1. The zero-order valence-corrected chi connectivity index (χ0v) is 19.7. The van der Waals surface area contributed by atoms with Crippen molar-refractivity contribution in [3.8, 4) is 12.1 Å². The number of nitrogen functional groups attached to an aromatic ring is 1. The molecular weight excluding hydrogens is 434 g/mol. The van der Waals surface area contributed by atoms with Crippen molar-refractivity contribution in [2.45, 2.75) is 39.5 Å². The van der Waals surface area contributed by atoms with E-state index in [0.717, 1.165) is 38.8 Å². The lowest BCUT2D eigenvalue weighted by atomic mass is 9.88. The van der Waals surface area contributed by atoms with E-state index in [1.54, 1.807) is 23.2 Å². The van der Waals surface area contributed by atoms with Crippen LogP contribution in [0.1, 0.15) is 57.1 Å². The number of nitrogens with two attached hydrogens (primary N) is 1. The van der Waals surface area contributed by atoms with Crippen LogP contribution < -0.4 is 15.4 Å². The fourth-order valence-electron chi connectivity index (χ4n) is 3.73. The SMILES string of the molecule is CC#N.CCCOc1nc(C(=O)N2CCC2)nc(N2CCC(C(=N)c3cccnc3N)CC2)n1.[HH]. The summed E-state index contributed by atoms with van der Waals surface area (Å²) in [6.07, 6.45) is 4.98. The Balaban J connectivity index is 0.00000103. The number of hydrogen-bond acceptors (Lipinski definition) is 10. The zero-order valence-electron chi connectivity index (χ0n) is 19.7. The first kappa shape index (κ1) is 24.8. The minimum Gasteiger partial charge on any atom is -0.463 e. The Kier molecular flexibility index (Phi) is 8.67. The number of nitrogens with zero attached hydrogens (tertiary/aromatic N) is 7. The van der Waals surface area contributed by atoms with Crippen molar-refractivity contribution >= 4 is 23.4 Å². The number of nitrogens with one attached hydrogen (secondary N) is 1. The summed E-state index contributed by atoms with van der Waals surface area (Å²) in [6, 6.07) is 5.58. The molecule has 34 heavy (non-hydrogen) atoms. The Labute approximate surface area is 201 Å². The molecule has 0 spiro atoms. The Bertz CT molecular complexity index is 1050. The van der Waals surface area contributed by atoms with Crippen LogP contribution in [0.4, 0.5) is 11.8 Å². The predicted octanol–water partition coefficient (Wildman–Crippen LogP) is 2.54. The van der Waals surface area contributed by atoms with Crippen LogP contribution in [-0.2, 0) is 0 Å². The van der Waals surface area contributed by atoms with Crippen molar-refractivity contribution in [3.63, 3.8) is 0 Å². The Morgan fingerprint density at radius 3 is 2.59 bits per heavy atom. The second-order valence-corrected chi connectivity index (χ2v) is 8.07.